The third kappa shape index (κ3) is 5.93. The second-order valence-corrected chi connectivity index (χ2v) is 8.32. The summed E-state index contributed by atoms with van der Waals surface area (Å²) in [6.07, 6.45) is 0.703. The average molecular weight is 382 g/mol. The molecule has 0 bridgehead atoms. The number of anilines is 2. The maximum absolute atomic E-state index is 10.2. The van der Waals surface area contributed by atoms with Gasteiger partial charge < -0.3 is 20.1 Å². The standard InChI is InChI=1S/C17H24N4O2S2/c1-2-13-3-5-14(6-4-13)18-16-19-20-17(25-16)24-12-15(22)11-21-7-9-23-10-8-21/h3-6,15,22H,2,7-12H2,1H3,(H,18,19)/p+1/t15-/m0/s1. The minimum absolute atomic E-state index is 0.333. The molecule has 1 atom stereocenters. The summed E-state index contributed by atoms with van der Waals surface area (Å²) < 4.78 is 6.22. The highest BCUT2D eigenvalue weighted by Crippen LogP contribution is 2.28. The molecule has 1 aliphatic rings. The van der Waals surface area contributed by atoms with Crippen LogP contribution >= 0.6 is 23.1 Å². The van der Waals surface area contributed by atoms with Gasteiger partial charge in [0.25, 0.3) is 0 Å². The molecule has 1 fully saturated rings. The van der Waals surface area contributed by atoms with E-state index in [9.17, 15) is 5.11 Å². The van der Waals surface area contributed by atoms with Crippen LogP contribution in [0.4, 0.5) is 10.8 Å². The maximum Gasteiger partial charge on any atom is 0.210 e. The first-order valence-electron chi connectivity index (χ1n) is 8.64. The van der Waals surface area contributed by atoms with E-state index in [2.05, 4.69) is 46.7 Å². The molecule has 0 radical (unpaired) electrons. The Kier molecular flexibility index (Phi) is 7.06. The van der Waals surface area contributed by atoms with Crippen LogP contribution in [-0.2, 0) is 11.2 Å². The van der Waals surface area contributed by atoms with E-state index in [0.29, 0.717) is 5.75 Å². The lowest BCUT2D eigenvalue weighted by molar-refractivity contribution is -0.910. The number of nitrogens with zero attached hydrogens (tertiary/aromatic N) is 2. The topological polar surface area (TPSA) is 71.7 Å². The van der Waals surface area contributed by atoms with Gasteiger partial charge in [-0.1, -0.05) is 42.2 Å². The van der Waals surface area contributed by atoms with E-state index in [1.165, 1.54) is 21.8 Å². The number of rotatable bonds is 8. The molecule has 2 aromatic rings. The minimum Gasteiger partial charge on any atom is -0.386 e. The molecule has 0 aliphatic carbocycles. The van der Waals surface area contributed by atoms with Gasteiger partial charge in [-0.25, -0.2) is 0 Å². The zero-order valence-corrected chi connectivity index (χ0v) is 16.0. The van der Waals surface area contributed by atoms with Crippen LogP contribution in [0.1, 0.15) is 12.5 Å². The molecule has 1 saturated heterocycles. The zero-order chi connectivity index (χ0) is 17.5. The fourth-order valence-corrected chi connectivity index (χ4v) is 4.42. The summed E-state index contributed by atoms with van der Waals surface area (Å²) in [7, 11) is 0. The zero-order valence-electron chi connectivity index (χ0n) is 14.4. The van der Waals surface area contributed by atoms with Crippen molar-refractivity contribution in [1.82, 2.24) is 10.2 Å². The highest BCUT2D eigenvalue weighted by atomic mass is 32.2. The Hall–Kier alpha value is -1.19. The summed E-state index contributed by atoms with van der Waals surface area (Å²) in [4.78, 5) is 1.41. The lowest BCUT2D eigenvalue weighted by Crippen LogP contribution is -3.15. The van der Waals surface area contributed by atoms with Crippen LogP contribution in [0.2, 0.25) is 0 Å². The van der Waals surface area contributed by atoms with E-state index < -0.39 is 0 Å². The van der Waals surface area contributed by atoms with Crippen LogP contribution in [0, 0.1) is 0 Å². The fraction of sp³-hybridized carbons (Fsp3) is 0.529. The van der Waals surface area contributed by atoms with Crippen LogP contribution in [0.15, 0.2) is 28.6 Å². The highest BCUT2D eigenvalue weighted by Gasteiger charge is 2.19. The minimum atomic E-state index is -0.333. The SMILES string of the molecule is CCc1ccc(Nc2nnc(SC[C@@H](O)C[NH+]3CCOCC3)s2)cc1. The van der Waals surface area contributed by atoms with Gasteiger partial charge in [-0.3, -0.25) is 0 Å². The van der Waals surface area contributed by atoms with Gasteiger partial charge in [-0.15, -0.1) is 10.2 Å². The summed E-state index contributed by atoms with van der Waals surface area (Å²) in [5, 5.41) is 22.6. The molecule has 6 nitrogen and oxygen atoms in total. The molecule has 3 N–H and O–H groups in total. The molecule has 136 valence electrons. The quantitative estimate of drug-likeness (QED) is 0.597. The van der Waals surface area contributed by atoms with Gasteiger partial charge >= 0.3 is 0 Å². The van der Waals surface area contributed by atoms with E-state index in [1.807, 2.05) is 0 Å². The molecule has 1 aliphatic heterocycles. The number of nitrogens with one attached hydrogen (secondary N) is 2. The van der Waals surface area contributed by atoms with E-state index in [1.54, 1.807) is 11.8 Å². The summed E-state index contributed by atoms with van der Waals surface area (Å²) in [6.45, 7) is 6.45. The number of aryl methyl sites for hydroxylation is 1. The van der Waals surface area contributed by atoms with Crippen LogP contribution in [-0.4, -0.2) is 60.0 Å². The number of thioether (sulfide) groups is 1. The Bertz CT molecular complexity index is 644. The molecule has 0 unspecified atom stereocenters. The predicted octanol–water partition coefficient (Wildman–Crippen LogP) is 1.21. The largest absolute Gasteiger partial charge is 0.386 e. The molecule has 0 spiro atoms. The third-order valence-corrected chi connectivity index (χ3v) is 6.26. The number of quaternary nitrogens is 1. The number of aliphatic hydroxyl groups excluding tert-OH is 1. The number of aromatic nitrogens is 2. The number of benzene rings is 1. The van der Waals surface area contributed by atoms with E-state index in [4.69, 9.17) is 4.74 Å². The summed E-state index contributed by atoms with van der Waals surface area (Å²) >= 11 is 3.08. The van der Waals surface area contributed by atoms with Crippen molar-refractivity contribution in [2.24, 2.45) is 0 Å². The van der Waals surface area contributed by atoms with Gasteiger partial charge in [0.1, 0.15) is 25.7 Å². The first-order valence-corrected chi connectivity index (χ1v) is 10.4. The van der Waals surface area contributed by atoms with Crippen molar-refractivity contribution >= 4 is 33.9 Å². The maximum atomic E-state index is 10.2. The smallest absolute Gasteiger partial charge is 0.210 e. The van der Waals surface area contributed by atoms with Crippen molar-refractivity contribution in [3.63, 3.8) is 0 Å². The Morgan fingerprint density at radius 3 is 2.76 bits per heavy atom. The monoisotopic (exact) mass is 381 g/mol. The van der Waals surface area contributed by atoms with Crippen LogP contribution < -0.4 is 10.2 Å². The first-order chi connectivity index (χ1) is 12.2. The Balaban J connectivity index is 1.44. The second-order valence-electron chi connectivity index (χ2n) is 6.08. The van der Waals surface area contributed by atoms with Crippen LogP contribution in [0.5, 0.6) is 0 Å². The van der Waals surface area contributed by atoms with Crippen molar-refractivity contribution in [2.75, 3.05) is 43.9 Å². The Labute approximate surface area is 156 Å². The van der Waals surface area contributed by atoms with Crippen molar-refractivity contribution < 1.29 is 14.7 Å². The van der Waals surface area contributed by atoms with Gasteiger partial charge in [-0.05, 0) is 24.1 Å². The summed E-state index contributed by atoms with van der Waals surface area (Å²) in [5.41, 5.74) is 2.33. The molecule has 2 heterocycles. The molecular formula is C17H25N4O2S2+. The summed E-state index contributed by atoms with van der Waals surface area (Å²) in [5.74, 6) is 0.643. The van der Waals surface area contributed by atoms with Crippen molar-refractivity contribution in [3.8, 4) is 0 Å². The predicted molar refractivity (Wildman–Crippen MR) is 102 cm³/mol. The average Bonchev–Trinajstić information content (AvgIpc) is 3.09. The lowest BCUT2D eigenvalue weighted by Gasteiger charge is -2.25. The molecule has 25 heavy (non-hydrogen) atoms. The lowest BCUT2D eigenvalue weighted by atomic mass is 10.1. The number of aliphatic hydroxyl groups is 1. The molecule has 8 heteroatoms. The van der Waals surface area contributed by atoms with Crippen molar-refractivity contribution in [2.45, 2.75) is 23.8 Å². The normalized spacial score (nSPS) is 16.7. The first kappa shape index (κ1) is 18.6. The van der Waals surface area contributed by atoms with Gasteiger partial charge in [0.2, 0.25) is 5.13 Å². The van der Waals surface area contributed by atoms with Gasteiger partial charge in [0.15, 0.2) is 4.34 Å². The molecule has 1 aromatic carbocycles. The molecular weight excluding hydrogens is 356 g/mol. The third-order valence-electron chi connectivity index (χ3n) is 4.14. The second kappa shape index (κ2) is 9.49. The van der Waals surface area contributed by atoms with Gasteiger partial charge in [-0.2, -0.15) is 0 Å². The molecule has 0 saturated carbocycles. The van der Waals surface area contributed by atoms with Crippen molar-refractivity contribution in [1.29, 1.82) is 0 Å². The molecule has 1 aromatic heterocycles. The van der Waals surface area contributed by atoms with Gasteiger partial charge in [0.05, 0.1) is 13.2 Å². The van der Waals surface area contributed by atoms with Crippen LogP contribution in [0.25, 0.3) is 0 Å². The fourth-order valence-electron chi connectivity index (χ4n) is 2.69. The number of ether oxygens (including phenoxy) is 1. The number of hydrogen-bond donors (Lipinski definition) is 3. The number of hydrogen-bond acceptors (Lipinski definition) is 7. The Morgan fingerprint density at radius 2 is 2.04 bits per heavy atom. The highest BCUT2D eigenvalue weighted by molar-refractivity contribution is 8.01. The summed E-state index contributed by atoms with van der Waals surface area (Å²) in [6, 6.07) is 8.34. The number of morpholine rings is 1. The van der Waals surface area contributed by atoms with Crippen LogP contribution in [0.3, 0.4) is 0 Å². The van der Waals surface area contributed by atoms with E-state index in [-0.39, 0.29) is 6.10 Å². The van der Waals surface area contributed by atoms with Gasteiger partial charge in [0, 0.05) is 11.4 Å². The van der Waals surface area contributed by atoms with E-state index in [0.717, 1.165) is 54.4 Å². The molecule has 3 rings (SSSR count). The Morgan fingerprint density at radius 1 is 1.28 bits per heavy atom. The van der Waals surface area contributed by atoms with Crippen molar-refractivity contribution in [3.05, 3.63) is 29.8 Å². The van der Waals surface area contributed by atoms with E-state index >= 15 is 0 Å². The molecule has 0 amide bonds.